The van der Waals surface area contributed by atoms with Crippen LogP contribution in [-0.2, 0) is 17.5 Å². The fourth-order valence-electron chi connectivity index (χ4n) is 2.67. The van der Waals surface area contributed by atoms with Crippen molar-refractivity contribution >= 4 is 23.2 Å². The van der Waals surface area contributed by atoms with Crippen molar-refractivity contribution in [2.24, 2.45) is 0 Å². The number of anilines is 1. The van der Waals surface area contributed by atoms with Crippen LogP contribution >= 0.6 is 11.6 Å². The number of amides is 1. The number of nitrogens with one attached hydrogen (secondary N) is 1. The average Bonchev–Trinajstić information content (AvgIpc) is 2.61. The number of methoxy groups -OCH3 is 2. The van der Waals surface area contributed by atoms with E-state index in [4.69, 9.17) is 21.1 Å². The second-order valence-electron chi connectivity index (χ2n) is 6.06. The Hall–Kier alpha value is -2.45. The molecule has 28 heavy (non-hydrogen) atoms. The molecule has 152 valence electrons. The van der Waals surface area contributed by atoms with Gasteiger partial charge in [-0.05, 0) is 24.7 Å². The first-order valence-corrected chi connectivity index (χ1v) is 8.58. The number of halogens is 4. The lowest BCUT2D eigenvalue weighted by atomic mass is 10.1. The Kier molecular flexibility index (Phi) is 7.15. The maximum Gasteiger partial charge on any atom is 0.416 e. The van der Waals surface area contributed by atoms with Crippen molar-refractivity contribution in [1.82, 2.24) is 4.90 Å². The number of carbonyl (C=O) groups is 1. The standard InChI is InChI=1S/C19H20ClF3N2O3/c1-25(10-12-6-4-5-7-13(12)19(21,22)23)11-18(26)24-15-8-14(20)16(27-2)9-17(15)28-3/h4-9H,10-11H2,1-3H3,(H,24,26). The third-order valence-corrected chi connectivity index (χ3v) is 4.22. The lowest BCUT2D eigenvalue weighted by Gasteiger charge is -2.20. The number of alkyl halides is 3. The van der Waals surface area contributed by atoms with Gasteiger partial charge in [0, 0.05) is 12.6 Å². The minimum Gasteiger partial charge on any atom is -0.495 e. The van der Waals surface area contributed by atoms with Crippen molar-refractivity contribution in [2.45, 2.75) is 12.7 Å². The smallest absolute Gasteiger partial charge is 0.416 e. The van der Waals surface area contributed by atoms with Crippen LogP contribution in [-0.4, -0.2) is 38.6 Å². The van der Waals surface area contributed by atoms with E-state index in [-0.39, 0.29) is 23.7 Å². The van der Waals surface area contributed by atoms with E-state index in [0.29, 0.717) is 17.2 Å². The maximum absolute atomic E-state index is 13.1. The highest BCUT2D eigenvalue weighted by atomic mass is 35.5. The van der Waals surface area contributed by atoms with E-state index in [9.17, 15) is 18.0 Å². The van der Waals surface area contributed by atoms with Crippen LogP contribution in [0.15, 0.2) is 36.4 Å². The highest BCUT2D eigenvalue weighted by Crippen LogP contribution is 2.36. The molecule has 2 aromatic rings. The molecule has 0 saturated carbocycles. The molecule has 5 nitrogen and oxygen atoms in total. The first-order chi connectivity index (χ1) is 13.2. The van der Waals surface area contributed by atoms with Gasteiger partial charge in [-0.25, -0.2) is 0 Å². The van der Waals surface area contributed by atoms with Crippen LogP contribution in [0.2, 0.25) is 5.02 Å². The van der Waals surface area contributed by atoms with Crippen molar-refractivity contribution in [3.8, 4) is 11.5 Å². The van der Waals surface area contributed by atoms with E-state index in [1.807, 2.05) is 0 Å². The average molecular weight is 417 g/mol. The van der Waals surface area contributed by atoms with Crippen molar-refractivity contribution < 1.29 is 27.4 Å². The Morgan fingerprint density at radius 3 is 2.39 bits per heavy atom. The van der Waals surface area contributed by atoms with Gasteiger partial charge in [0.2, 0.25) is 5.91 Å². The van der Waals surface area contributed by atoms with Gasteiger partial charge in [0.25, 0.3) is 0 Å². The molecule has 0 aliphatic carbocycles. The third kappa shape index (κ3) is 5.53. The summed E-state index contributed by atoms with van der Waals surface area (Å²) in [5.74, 6) is 0.309. The molecule has 0 aromatic heterocycles. The SMILES string of the molecule is COc1cc(OC)c(NC(=O)CN(C)Cc2ccccc2C(F)(F)F)cc1Cl. The first kappa shape index (κ1) is 21.8. The van der Waals surface area contributed by atoms with Gasteiger partial charge in [0.1, 0.15) is 11.5 Å². The number of likely N-dealkylation sites (N-methyl/N-ethyl adjacent to an activating group) is 1. The number of hydrogen-bond acceptors (Lipinski definition) is 4. The third-order valence-electron chi connectivity index (χ3n) is 3.92. The predicted molar refractivity (Wildman–Crippen MR) is 101 cm³/mol. The summed E-state index contributed by atoms with van der Waals surface area (Å²) in [5, 5.41) is 2.93. The number of rotatable bonds is 7. The van der Waals surface area contributed by atoms with Crippen molar-refractivity contribution in [1.29, 1.82) is 0 Å². The Morgan fingerprint density at radius 2 is 1.79 bits per heavy atom. The largest absolute Gasteiger partial charge is 0.495 e. The molecule has 1 N–H and O–H groups in total. The van der Waals surface area contributed by atoms with Gasteiger partial charge in [-0.1, -0.05) is 29.8 Å². The molecular formula is C19H20ClF3N2O3. The molecule has 1 amide bonds. The zero-order chi connectivity index (χ0) is 20.9. The van der Waals surface area contributed by atoms with Gasteiger partial charge in [-0.3, -0.25) is 9.69 Å². The maximum atomic E-state index is 13.1. The Morgan fingerprint density at radius 1 is 1.14 bits per heavy atom. The van der Waals surface area contributed by atoms with E-state index in [0.717, 1.165) is 6.07 Å². The quantitative estimate of drug-likeness (QED) is 0.724. The van der Waals surface area contributed by atoms with E-state index in [1.54, 1.807) is 7.05 Å². The fraction of sp³-hybridized carbons (Fsp3) is 0.316. The molecule has 0 saturated heterocycles. The predicted octanol–water partition coefficient (Wildman–Crippen LogP) is 4.45. The number of benzene rings is 2. The molecule has 0 bridgehead atoms. The molecule has 2 aromatic carbocycles. The highest BCUT2D eigenvalue weighted by molar-refractivity contribution is 6.32. The lowest BCUT2D eigenvalue weighted by Crippen LogP contribution is -2.30. The summed E-state index contributed by atoms with van der Waals surface area (Å²) in [6.07, 6.45) is -4.45. The Balaban J connectivity index is 2.07. The summed E-state index contributed by atoms with van der Waals surface area (Å²) in [7, 11) is 4.44. The molecule has 0 heterocycles. The van der Waals surface area contributed by atoms with Crippen LogP contribution in [0.4, 0.5) is 18.9 Å². The van der Waals surface area contributed by atoms with Gasteiger partial charge in [0.05, 0.1) is 37.0 Å². The molecule has 0 aliphatic heterocycles. The van der Waals surface area contributed by atoms with Crippen LogP contribution in [0.3, 0.4) is 0 Å². The summed E-state index contributed by atoms with van der Waals surface area (Å²) >= 11 is 6.07. The first-order valence-electron chi connectivity index (χ1n) is 8.20. The van der Waals surface area contributed by atoms with E-state index in [2.05, 4.69) is 5.32 Å². The van der Waals surface area contributed by atoms with E-state index in [1.165, 1.54) is 49.5 Å². The molecule has 2 rings (SSSR count). The molecule has 9 heteroatoms. The lowest BCUT2D eigenvalue weighted by molar-refractivity contribution is -0.138. The summed E-state index contributed by atoms with van der Waals surface area (Å²) in [5.41, 5.74) is -0.288. The van der Waals surface area contributed by atoms with Crippen LogP contribution in [0, 0.1) is 0 Å². The summed E-state index contributed by atoms with van der Waals surface area (Å²) in [6, 6.07) is 8.29. The zero-order valence-corrected chi connectivity index (χ0v) is 16.3. The van der Waals surface area contributed by atoms with Gasteiger partial charge in [-0.15, -0.1) is 0 Å². The van der Waals surface area contributed by atoms with Gasteiger partial charge in [0.15, 0.2) is 0 Å². The molecule has 0 unspecified atom stereocenters. The normalized spacial score (nSPS) is 11.4. The van der Waals surface area contributed by atoms with Crippen LogP contribution < -0.4 is 14.8 Å². The molecular weight excluding hydrogens is 397 g/mol. The molecule has 0 atom stereocenters. The topological polar surface area (TPSA) is 50.8 Å². The van der Waals surface area contributed by atoms with Gasteiger partial charge < -0.3 is 14.8 Å². The zero-order valence-electron chi connectivity index (χ0n) is 15.6. The molecule has 0 aliphatic rings. The van der Waals surface area contributed by atoms with E-state index >= 15 is 0 Å². The summed E-state index contributed by atoms with van der Waals surface area (Å²) in [6.45, 7) is -0.164. The number of hydrogen-bond donors (Lipinski definition) is 1. The van der Waals surface area contributed by atoms with Crippen LogP contribution in [0.1, 0.15) is 11.1 Å². The second-order valence-corrected chi connectivity index (χ2v) is 6.47. The van der Waals surface area contributed by atoms with Crippen molar-refractivity contribution in [2.75, 3.05) is 33.1 Å². The molecule has 0 spiro atoms. The Bertz CT molecular complexity index is 844. The van der Waals surface area contributed by atoms with Crippen LogP contribution in [0.5, 0.6) is 11.5 Å². The summed E-state index contributed by atoms with van der Waals surface area (Å²) in [4.78, 5) is 13.8. The minimum absolute atomic E-state index is 0.0381. The Labute approximate surface area is 166 Å². The van der Waals surface area contributed by atoms with Crippen molar-refractivity contribution in [3.05, 3.63) is 52.5 Å². The van der Waals surface area contributed by atoms with Gasteiger partial charge in [-0.2, -0.15) is 13.2 Å². The van der Waals surface area contributed by atoms with Crippen LogP contribution in [0.25, 0.3) is 0 Å². The number of ether oxygens (including phenoxy) is 2. The second kappa shape index (κ2) is 9.16. The fourth-order valence-corrected chi connectivity index (χ4v) is 2.91. The molecule has 0 fully saturated rings. The number of carbonyl (C=O) groups excluding carboxylic acids is 1. The summed E-state index contributed by atoms with van der Waals surface area (Å²) < 4.78 is 49.6. The minimum atomic E-state index is -4.45. The highest BCUT2D eigenvalue weighted by Gasteiger charge is 2.33. The monoisotopic (exact) mass is 416 g/mol. The molecule has 0 radical (unpaired) electrons. The number of nitrogens with zero attached hydrogens (tertiary/aromatic N) is 1. The van der Waals surface area contributed by atoms with Gasteiger partial charge >= 0.3 is 6.18 Å². The van der Waals surface area contributed by atoms with Crippen molar-refractivity contribution in [3.63, 3.8) is 0 Å². The van der Waals surface area contributed by atoms with E-state index < -0.39 is 17.6 Å².